The van der Waals surface area contributed by atoms with Gasteiger partial charge in [0.2, 0.25) is 10.0 Å². The first kappa shape index (κ1) is 16.5. The number of nitrogens with two attached hydrogens (primary N) is 1. The number of hydrogen-bond acceptors (Lipinski definition) is 3. The summed E-state index contributed by atoms with van der Waals surface area (Å²) in [6.07, 6.45) is 5.37. The van der Waals surface area contributed by atoms with Crippen LogP contribution in [0.2, 0.25) is 0 Å². The Balaban J connectivity index is 1.66. The highest BCUT2D eigenvalue weighted by molar-refractivity contribution is 7.89. The molecule has 0 fully saturated rings. The smallest absolute Gasteiger partial charge is 0.238 e. The van der Waals surface area contributed by atoms with Gasteiger partial charge in [-0.2, -0.15) is 0 Å². The van der Waals surface area contributed by atoms with Gasteiger partial charge in [0.1, 0.15) is 0 Å². The average molecular weight is 376 g/mol. The molecule has 2 aliphatic rings. The Labute approximate surface area is 158 Å². The van der Waals surface area contributed by atoms with Gasteiger partial charge >= 0.3 is 0 Å². The van der Waals surface area contributed by atoms with Gasteiger partial charge in [-0.25, -0.2) is 13.6 Å². The summed E-state index contributed by atoms with van der Waals surface area (Å²) in [7, 11) is -3.71. The highest BCUT2D eigenvalue weighted by Crippen LogP contribution is 2.51. The number of fused-ring (bicyclic) bond motifs is 4. The molecule has 27 heavy (non-hydrogen) atoms. The molecule has 0 saturated carbocycles. The summed E-state index contributed by atoms with van der Waals surface area (Å²) in [5.41, 5.74) is 3.28. The first-order valence-corrected chi connectivity index (χ1v) is 10.6. The number of sulfonamides is 1. The Morgan fingerprint density at radius 1 is 0.963 bits per heavy atom. The van der Waals surface area contributed by atoms with E-state index in [2.05, 4.69) is 59.9 Å². The second-order valence-electron chi connectivity index (χ2n) is 7.34. The Bertz CT molecular complexity index is 1180. The maximum Gasteiger partial charge on any atom is 0.238 e. The van der Waals surface area contributed by atoms with Crippen molar-refractivity contribution in [1.82, 2.24) is 0 Å². The van der Waals surface area contributed by atoms with Gasteiger partial charge in [0, 0.05) is 11.6 Å². The molecule has 0 amide bonds. The molecular weight excluding hydrogens is 356 g/mol. The van der Waals surface area contributed by atoms with Crippen molar-refractivity contribution in [3.63, 3.8) is 0 Å². The summed E-state index contributed by atoms with van der Waals surface area (Å²) in [4.78, 5) is 0.172. The van der Waals surface area contributed by atoms with Crippen LogP contribution in [0.1, 0.15) is 29.5 Å². The quantitative estimate of drug-likeness (QED) is 0.655. The molecular formula is C22H20N2O2S. The van der Waals surface area contributed by atoms with Crippen LogP contribution in [0.3, 0.4) is 0 Å². The molecule has 0 radical (unpaired) electrons. The van der Waals surface area contributed by atoms with Crippen LogP contribution in [0.4, 0.5) is 5.69 Å². The summed E-state index contributed by atoms with van der Waals surface area (Å²) in [5, 5.41) is 11.5. The minimum Gasteiger partial charge on any atom is -0.378 e. The molecule has 0 spiro atoms. The van der Waals surface area contributed by atoms with Crippen LogP contribution in [0.25, 0.3) is 10.8 Å². The molecule has 3 aromatic rings. The zero-order chi connectivity index (χ0) is 18.6. The minimum atomic E-state index is -3.71. The molecule has 3 aromatic carbocycles. The molecule has 0 saturated heterocycles. The van der Waals surface area contributed by atoms with Gasteiger partial charge in [0.15, 0.2) is 0 Å². The van der Waals surface area contributed by atoms with Crippen molar-refractivity contribution >= 4 is 26.5 Å². The second-order valence-corrected chi connectivity index (χ2v) is 8.90. The molecule has 1 heterocycles. The van der Waals surface area contributed by atoms with Crippen LogP contribution >= 0.6 is 0 Å². The molecule has 1 aliphatic carbocycles. The van der Waals surface area contributed by atoms with E-state index in [1.165, 1.54) is 16.3 Å². The van der Waals surface area contributed by atoms with Crippen molar-refractivity contribution in [2.45, 2.75) is 23.3 Å². The molecule has 5 heteroatoms. The highest BCUT2D eigenvalue weighted by Gasteiger charge is 2.38. The Hall–Kier alpha value is -2.63. The normalized spacial score (nSPS) is 23.7. The van der Waals surface area contributed by atoms with Crippen LogP contribution in [-0.2, 0) is 10.0 Å². The lowest BCUT2D eigenvalue weighted by molar-refractivity contribution is 0.427. The van der Waals surface area contributed by atoms with Crippen molar-refractivity contribution in [1.29, 1.82) is 0 Å². The van der Waals surface area contributed by atoms with Crippen molar-refractivity contribution in [3.8, 4) is 0 Å². The van der Waals surface area contributed by atoms with Crippen LogP contribution in [0.5, 0.6) is 0 Å². The van der Waals surface area contributed by atoms with Crippen molar-refractivity contribution in [2.24, 2.45) is 11.1 Å². The number of nitrogens with one attached hydrogen (secondary N) is 1. The van der Waals surface area contributed by atoms with E-state index in [1.807, 2.05) is 6.07 Å². The summed E-state index contributed by atoms with van der Waals surface area (Å²) in [5.74, 6) is 0.533. The van der Waals surface area contributed by atoms with Gasteiger partial charge in [-0.15, -0.1) is 0 Å². The molecule has 0 bridgehead atoms. The summed E-state index contributed by atoms with van der Waals surface area (Å²) in [6, 6.07) is 20.2. The standard InChI is InChI=1S/C22H20N2O2S/c23-27(25,26)15-11-12-21-20(13-15)17-8-4-10-19(17)22(24-21)18-9-3-6-14-5-1-2-7-16(14)18/h1-9,11-13,17,19,22,24H,10H2,(H2,23,25,26)/t17-,19-,22+/m1/s1. The molecule has 4 nitrogen and oxygen atoms in total. The largest absolute Gasteiger partial charge is 0.378 e. The average Bonchev–Trinajstić information content (AvgIpc) is 3.16. The number of allylic oxidation sites excluding steroid dienone is 2. The van der Waals surface area contributed by atoms with Gasteiger partial charge in [0.25, 0.3) is 0 Å². The van der Waals surface area contributed by atoms with E-state index in [0.29, 0.717) is 5.92 Å². The Kier molecular flexibility index (Phi) is 3.64. The fourth-order valence-electron chi connectivity index (χ4n) is 4.58. The van der Waals surface area contributed by atoms with E-state index in [4.69, 9.17) is 5.14 Å². The topological polar surface area (TPSA) is 72.2 Å². The van der Waals surface area contributed by atoms with Crippen molar-refractivity contribution in [2.75, 3.05) is 5.32 Å². The van der Waals surface area contributed by atoms with E-state index < -0.39 is 10.0 Å². The van der Waals surface area contributed by atoms with Gasteiger partial charge < -0.3 is 5.32 Å². The van der Waals surface area contributed by atoms with E-state index in [9.17, 15) is 8.42 Å². The number of primary sulfonamides is 1. The zero-order valence-electron chi connectivity index (χ0n) is 14.7. The summed E-state index contributed by atoms with van der Waals surface area (Å²) < 4.78 is 23.6. The van der Waals surface area contributed by atoms with Crippen LogP contribution in [0, 0.1) is 5.92 Å². The SMILES string of the molecule is NS(=O)(=O)c1ccc2c(c1)[C@@H]1C=CC[C@H]1[C@H](c1cccc3ccccc13)N2. The Morgan fingerprint density at radius 3 is 2.63 bits per heavy atom. The molecule has 3 N–H and O–H groups in total. The maximum atomic E-state index is 11.8. The lowest BCUT2D eigenvalue weighted by atomic mass is 9.76. The predicted octanol–water partition coefficient (Wildman–Crippen LogP) is 4.31. The first-order valence-electron chi connectivity index (χ1n) is 9.10. The lowest BCUT2D eigenvalue weighted by Gasteiger charge is -2.38. The predicted molar refractivity (Wildman–Crippen MR) is 108 cm³/mol. The van der Waals surface area contributed by atoms with Gasteiger partial charge in [-0.3, -0.25) is 0 Å². The van der Waals surface area contributed by atoms with E-state index in [0.717, 1.165) is 17.7 Å². The third-order valence-corrected chi connectivity index (χ3v) is 6.73. The molecule has 0 unspecified atom stereocenters. The maximum absolute atomic E-state index is 11.8. The van der Waals surface area contributed by atoms with E-state index in [-0.39, 0.29) is 16.9 Å². The second kappa shape index (κ2) is 5.94. The number of benzene rings is 3. The fourth-order valence-corrected chi connectivity index (χ4v) is 5.13. The molecule has 1 aliphatic heterocycles. The van der Waals surface area contributed by atoms with Gasteiger partial charge in [0.05, 0.1) is 10.9 Å². The minimum absolute atomic E-state index is 0.170. The molecule has 0 aromatic heterocycles. The Morgan fingerprint density at radius 2 is 1.78 bits per heavy atom. The van der Waals surface area contributed by atoms with E-state index >= 15 is 0 Å². The van der Waals surface area contributed by atoms with Gasteiger partial charge in [-0.1, -0.05) is 54.6 Å². The lowest BCUT2D eigenvalue weighted by Crippen LogP contribution is -2.29. The monoisotopic (exact) mass is 376 g/mol. The molecule has 3 atom stereocenters. The molecule has 136 valence electrons. The van der Waals surface area contributed by atoms with Crippen LogP contribution in [0.15, 0.2) is 77.7 Å². The van der Waals surface area contributed by atoms with Crippen molar-refractivity contribution in [3.05, 3.63) is 83.9 Å². The third kappa shape index (κ3) is 2.66. The van der Waals surface area contributed by atoms with Crippen LogP contribution < -0.4 is 10.5 Å². The number of rotatable bonds is 2. The van der Waals surface area contributed by atoms with E-state index in [1.54, 1.807) is 12.1 Å². The third-order valence-electron chi connectivity index (χ3n) is 5.82. The fraction of sp³-hybridized carbons (Fsp3) is 0.182. The highest BCUT2D eigenvalue weighted by atomic mass is 32.2. The molecule has 5 rings (SSSR count). The van der Waals surface area contributed by atoms with Crippen LogP contribution in [-0.4, -0.2) is 8.42 Å². The first-order chi connectivity index (χ1) is 13.0. The van der Waals surface area contributed by atoms with Gasteiger partial charge in [-0.05, 0) is 52.4 Å². The summed E-state index contributed by atoms with van der Waals surface area (Å²) >= 11 is 0. The zero-order valence-corrected chi connectivity index (χ0v) is 15.5. The number of anilines is 1. The number of hydrogen-bond donors (Lipinski definition) is 2. The summed E-state index contributed by atoms with van der Waals surface area (Å²) in [6.45, 7) is 0. The van der Waals surface area contributed by atoms with Crippen molar-refractivity contribution < 1.29 is 8.42 Å².